The average molecular weight is 255 g/mol. The van der Waals surface area contributed by atoms with Crippen LogP contribution in [0.15, 0.2) is 0 Å². The standard InChI is InChI=1S/C12H23N3O.C2H6/c1-9(2)11-8-15(12(16)14(11)3)10-4-6-13-7-5-10;1-2/h9-11,13H,4-8H2,1-3H3;1-2H3. The van der Waals surface area contributed by atoms with Gasteiger partial charge < -0.3 is 15.1 Å². The lowest BCUT2D eigenvalue weighted by Crippen LogP contribution is -2.44. The molecule has 4 nitrogen and oxygen atoms in total. The fourth-order valence-corrected chi connectivity index (χ4v) is 2.83. The average Bonchev–Trinajstić information content (AvgIpc) is 2.70. The molecule has 4 heteroatoms. The Kier molecular flexibility index (Phi) is 5.93. The maximum Gasteiger partial charge on any atom is 0.320 e. The molecule has 18 heavy (non-hydrogen) atoms. The lowest BCUT2D eigenvalue weighted by molar-refractivity contribution is 0.169. The SMILES string of the molecule is CC.CC(C)C1CN(C2CCNCC2)C(=O)N1C. The van der Waals surface area contributed by atoms with Gasteiger partial charge in [0.1, 0.15) is 0 Å². The van der Waals surface area contributed by atoms with Crippen LogP contribution in [0.5, 0.6) is 0 Å². The minimum atomic E-state index is 0.227. The van der Waals surface area contributed by atoms with Crippen LogP contribution in [0.4, 0.5) is 4.79 Å². The van der Waals surface area contributed by atoms with Gasteiger partial charge in [0, 0.05) is 19.6 Å². The molecule has 0 aliphatic carbocycles. The summed E-state index contributed by atoms with van der Waals surface area (Å²) >= 11 is 0. The molecule has 2 amide bonds. The number of amides is 2. The Morgan fingerprint density at radius 2 is 1.78 bits per heavy atom. The molecule has 0 aromatic heterocycles. The van der Waals surface area contributed by atoms with Gasteiger partial charge in [-0.15, -0.1) is 0 Å². The zero-order chi connectivity index (χ0) is 13.7. The Bertz CT molecular complexity index is 262. The fraction of sp³-hybridized carbons (Fsp3) is 0.929. The zero-order valence-electron chi connectivity index (χ0n) is 12.6. The molecule has 2 aliphatic rings. The first-order chi connectivity index (χ1) is 8.61. The topological polar surface area (TPSA) is 35.6 Å². The number of rotatable bonds is 2. The van der Waals surface area contributed by atoms with Crippen molar-refractivity contribution in [3.8, 4) is 0 Å². The zero-order valence-corrected chi connectivity index (χ0v) is 12.6. The summed E-state index contributed by atoms with van der Waals surface area (Å²) in [5.41, 5.74) is 0. The third-order valence-corrected chi connectivity index (χ3v) is 3.95. The summed E-state index contributed by atoms with van der Waals surface area (Å²) in [4.78, 5) is 16.2. The van der Waals surface area contributed by atoms with E-state index >= 15 is 0 Å². The molecule has 106 valence electrons. The minimum absolute atomic E-state index is 0.227. The maximum absolute atomic E-state index is 12.2. The van der Waals surface area contributed by atoms with Gasteiger partial charge in [-0.2, -0.15) is 0 Å². The highest BCUT2D eigenvalue weighted by Gasteiger charge is 2.39. The van der Waals surface area contributed by atoms with Gasteiger partial charge in [0.2, 0.25) is 0 Å². The van der Waals surface area contributed by atoms with Gasteiger partial charge in [-0.1, -0.05) is 27.7 Å². The van der Waals surface area contributed by atoms with Crippen molar-refractivity contribution < 1.29 is 4.79 Å². The van der Waals surface area contributed by atoms with Crippen LogP contribution in [0.2, 0.25) is 0 Å². The van der Waals surface area contributed by atoms with E-state index in [4.69, 9.17) is 0 Å². The Labute approximate surface area is 112 Å². The van der Waals surface area contributed by atoms with Crippen LogP contribution in [0.3, 0.4) is 0 Å². The number of carbonyl (C=O) groups is 1. The number of nitrogens with one attached hydrogen (secondary N) is 1. The molecule has 0 aromatic rings. The Hall–Kier alpha value is -0.770. The second-order valence-corrected chi connectivity index (χ2v) is 5.34. The lowest BCUT2D eigenvalue weighted by atomic mass is 10.0. The van der Waals surface area contributed by atoms with Gasteiger partial charge in [-0.25, -0.2) is 4.79 Å². The molecule has 1 unspecified atom stereocenters. The predicted molar refractivity (Wildman–Crippen MR) is 75.7 cm³/mol. The summed E-state index contributed by atoms with van der Waals surface area (Å²) in [5.74, 6) is 0.542. The quantitative estimate of drug-likeness (QED) is 0.820. The number of nitrogens with zero attached hydrogens (tertiary/aromatic N) is 2. The van der Waals surface area contributed by atoms with Gasteiger partial charge in [-0.05, 0) is 31.8 Å². The van der Waals surface area contributed by atoms with Gasteiger partial charge in [0.25, 0.3) is 0 Å². The van der Waals surface area contributed by atoms with Crippen molar-refractivity contribution in [2.45, 2.75) is 52.6 Å². The highest BCUT2D eigenvalue weighted by Crippen LogP contribution is 2.25. The molecule has 0 spiro atoms. The summed E-state index contributed by atoms with van der Waals surface area (Å²) < 4.78 is 0. The second kappa shape index (κ2) is 6.98. The van der Waals surface area contributed by atoms with Crippen LogP contribution in [0.25, 0.3) is 0 Å². The largest absolute Gasteiger partial charge is 0.323 e. The van der Waals surface area contributed by atoms with Crippen molar-refractivity contribution in [1.82, 2.24) is 15.1 Å². The van der Waals surface area contributed by atoms with Crippen LogP contribution >= 0.6 is 0 Å². The minimum Gasteiger partial charge on any atom is -0.323 e. The Morgan fingerprint density at radius 1 is 1.22 bits per heavy atom. The van der Waals surface area contributed by atoms with E-state index in [1.807, 2.05) is 25.8 Å². The molecule has 2 rings (SSSR count). The normalized spacial score (nSPS) is 25.4. The van der Waals surface area contributed by atoms with Crippen molar-refractivity contribution in [2.75, 3.05) is 26.7 Å². The lowest BCUT2D eigenvalue weighted by Gasteiger charge is -2.31. The maximum atomic E-state index is 12.2. The molecule has 0 aromatic carbocycles. The number of carbonyl (C=O) groups excluding carboxylic acids is 1. The van der Waals surface area contributed by atoms with Crippen molar-refractivity contribution >= 4 is 6.03 Å². The van der Waals surface area contributed by atoms with Crippen molar-refractivity contribution in [1.29, 1.82) is 0 Å². The molecule has 1 atom stereocenters. The molecule has 2 saturated heterocycles. The van der Waals surface area contributed by atoms with E-state index in [2.05, 4.69) is 24.1 Å². The monoisotopic (exact) mass is 255 g/mol. The molecule has 0 radical (unpaired) electrons. The molecule has 2 heterocycles. The highest BCUT2D eigenvalue weighted by molar-refractivity contribution is 5.77. The third-order valence-electron chi connectivity index (χ3n) is 3.95. The fourth-order valence-electron chi connectivity index (χ4n) is 2.83. The third kappa shape index (κ3) is 3.16. The Morgan fingerprint density at radius 3 is 2.22 bits per heavy atom. The summed E-state index contributed by atoms with van der Waals surface area (Å²) in [7, 11) is 1.94. The number of piperidine rings is 1. The van der Waals surface area contributed by atoms with E-state index in [1.54, 1.807) is 0 Å². The van der Waals surface area contributed by atoms with Crippen LogP contribution < -0.4 is 5.32 Å². The first-order valence-electron chi connectivity index (χ1n) is 7.35. The summed E-state index contributed by atoms with van der Waals surface area (Å²) in [6, 6.07) is 1.08. The molecule has 1 N–H and O–H groups in total. The first kappa shape index (κ1) is 15.3. The van der Waals surface area contributed by atoms with E-state index in [9.17, 15) is 4.79 Å². The van der Waals surface area contributed by atoms with Crippen molar-refractivity contribution in [3.63, 3.8) is 0 Å². The number of hydrogen-bond donors (Lipinski definition) is 1. The van der Waals surface area contributed by atoms with Gasteiger partial charge in [0.15, 0.2) is 0 Å². The van der Waals surface area contributed by atoms with E-state index < -0.39 is 0 Å². The van der Waals surface area contributed by atoms with E-state index in [1.165, 1.54) is 0 Å². The van der Waals surface area contributed by atoms with Crippen LogP contribution in [-0.2, 0) is 0 Å². The summed E-state index contributed by atoms with van der Waals surface area (Å²) in [6.07, 6.45) is 2.20. The van der Waals surface area contributed by atoms with Crippen LogP contribution in [0, 0.1) is 5.92 Å². The summed E-state index contributed by atoms with van der Waals surface area (Å²) in [5, 5.41) is 3.35. The van der Waals surface area contributed by atoms with Crippen molar-refractivity contribution in [3.05, 3.63) is 0 Å². The number of likely N-dealkylation sites (N-methyl/N-ethyl adjacent to an activating group) is 1. The molecular weight excluding hydrogens is 226 g/mol. The predicted octanol–water partition coefficient (Wildman–Crippen LogP) is 2.16. The van der Waals surface area contributed by atoms with Crippen molar-refractivity contribution in [2.24, 2.45) is 5.92 Å². The summed E-state index contributed by atoms with van der Waals surface area (Å²) in [6.45, 7) is 11.4. The van der Waals surface area contributed by atoms with E-state index in [0.29, 0.717) is 18.0 Å². The van der Waals surface area contributed by atoms with Gasteiger partial charge in [0.05, 0.1) is 6.04 Å². The molecule has 2 fully saturated rings. The molecule has 0 bridgehead atoms. The van der Waals surface area contributed by atoms with Gasteiger partial charge >= 0.3 is 6.03 Å². The molecule has 0 saturated carbocycles. The number of urea groups is 1. The Balaban J connectivity index is 0.000000771. The van der Waals surface area contributed by atoms with E-state index in [-0.39, 0.29) is 6.03 Å². The molecule has 2 aliphatic heterocycles. The second-order valence-electron chi connectivity index (χ2n) is 5.34. The smallest absolute Gasteiger partial charge is 0.320 e. The van der Waals surface area contributed by atoms with Crippen LogP contribution in [0.1, 0.15) is 40.5 Å². The van der Waals surface area contributed by atoms with E-state index in [0.717, 1.165) is 32.5 Å². The highest BCUT2D eigenvalue weighted by atomic mass is 16.2. The van der Waals surface area contributed by atoms with Crippen LogP contribution in [-0.4, -0.2) is 54.6 Å². The number of hydrogen-bond acceptors (Lipinski definition) is 2. The van der Waals surface area contributed by atoms with Gasteiger partial charge in [-0.3, -0.25) is 0 Å². The molecular formula is C14H29N3O. The first-order valence-corrected chi connectivity index (χ1v) is 7.35.